The van der Waals surface area contributed by atoms with E-state index in [1.54, 1.807) is 0 Å². The Labute approximate surface area is 108 Å². The topological polar surface area (TPSA) is 42.7 Å². The molecule has 0 aliphatic heterocycles. The van der Waals surface area contributed by atoms with Crippen LogP contribution in [0.4, 0.5) is 0 Å². The third kappa shape index (κ3) is 2.96. The third-order valence-corrected chi connectivity index (χ3v) is 3.30. The van der Waals surface area contributed by atoms with Crippen molar-refractivity contribution in [2.45, 2.75) is 26.8 Å². The van der Waals surface area contributed by atoms with Crippen molar-refractivity contribution < 1.29 is 0 Å². The van der Waals surface area contributed by atoms with Crippen LogP contribution >= 0.6 is 0 Å². The standard InChI is InChI=1S/C14H20N4/c1-11-14(12(2)18(3)17-11)10-16-9-6-13-4-7-15-8-5-13/h4-5,7-8,16H,6,9-10H2,1-3H3. The third-order valence-electron chi connectivity index (χ3n) is 3.30. The second-order valence-electron chi connectivity index (χ2n) is 4.56. The summed E-state index contributed by atoms with van der Waals surface area (Å²) in [6, 6.07) is 4.12. The lowest BCUT2D eigenvalue weighted by Gasteiger charge is -2.05. The molecular formula is C14H20N4. The van der Waals surface area contributed by atoms with E-state index in [0.717, 1.165) is 25.2 Å². The zero-order valence-corrected chi connectivity index (χ0v) is 11.3. The highest BCUT2D eigenvalue weighted by molar-refractivity contribution is 5.24. The first-order chi connectivity index (χ1) is 8.68. The van der Waals surface area contributed by atoms with E-state index in [9.17, 15) is 0 Å². The average Bonchev–Trinajstić information content (AvgIpc) is 2.61. The Hall–Kier alpha value is -1.68. The molecule has 2 rings (SSSR count). The lowest BCUT2D eigenvalue weighted by molar-refractivity contribution is 0.678. The molecule has 1 N–H and O–H groups in total. The second kappa shape index (κ2) is 5.78. The number of nitrogens with one attached hydrogen (secondary N) is 1. The maximum Gasteiger partial charge on any atom is 0.0641 e. The van der Waals surface area contributed by atoms with Crippen LogP contribution in [0.3, 0.4) is 0 Å². The summed E-state index contributed by atoms with van der Waals surface area (Å²) in [7, 11) is 1.99. The molecule has 2 aromatic rings. The lowest BCUT2D eigenvalue weighted by Crippen LogP contribution is -2.17. The molecule has 18 heavy (non-hydrogen) atoms. The number of rotatable bonds is 5. The highest BCUT2D eigenvalue weighted by Gasteiger charge is 2.07. The number of hydrogen-bond acceptors (Lipinski definition) is 3. The Bertz CT molecular complexity index is 502. The van der Waals surface area contributed by atoms with Crippen molar-refractivity contribution in [3.05, 3.63) is 47.0 Å². The first-order valence-electron chi connectivity index (χ1n) is 6.27. The summed E-state index contributed by atoms with van der Waals surface area (Å²) < 4.78 is 1.94. The van der Waals surface area contributed by atoms with Crippen LogP contribution in [0, 0.1) is 13.8 Å². The second-order valence-corrected chi connectivity index (χ2v) is 4.56. The molecule has 0 bridgehead atoms. The van der Waals surface area contributed by atoms with E-state index in [1.807, 2.05) is 24.1 Å². The maximum atomic E-state index is 4.42. The quantitative estimate of drug-likeness (QED) is 0.815. The van der Waals surface area contributed by atoms with Crippen LogP contribution in [0.5, 0.6) is 0 Å². The summed E-state index contributed by atoms with van der Waals surface area (Å²) in [6.45, 7) is 6.03. The highest BCUT2D eigenvalue weighted by atomic mass is 15.3. The van der Waals surface area contributed by atoms with Crippen LogP contribution in [0.2, 0.25) is 0 Å². The molecule has 4 nitrogen and oxygen atoms in total. The van der Waals surface area contributed by atoms with Gasteiger partial charge in [-0.2, -0.15) is 5.10 Å². The van der Waals surface area contributed by atoms with Crippen LogP contribution in [0.1, 0.15) is 22.5 Å². The first-order valence-corrected chi connectivity index (χ1v) is 6.27. The summed E-state index contributed by atoms with van der Waals surface area (Å²) in [6.07, 6.45) is 4.70. The van der Waals surface area contributed by atoms with E-state index in [1.165, 1.54) is 16.8 Å². The fraction of sp³-hybridized carbons (Fsp3) is 0.429. The molecule has 0 saturated carbocycles. The summed E-state index contributed by atoms with van der Waals surface area (Å²) in [4.78, 5) is 4.02. The molecule has 2 heterocycles. The molecule has 0 atom stereocenters. The van der Waals surface area contributed by atoms with Crippen molar-refractivity contribution in [3.63, 3.8) is 0 Å². The van der Waals surface area contributed by atoms with Gasteiger partial charge in [0.2, 0.25) is 0 Å². The van der Waals surface area contributed by atoms with E-state index in [4.69, 9.17) is 0 Å². The number of nitrogens with zero attached hydrogens (tertiary/aromatic N) is 3. The largest absolute Gasteiger partial charge is 0.312 e. The van der Waals surface area contributed by atoms with Crippen LogP contribution < -0.4 is 5.32 Å². The number of aryl methyl sites for hydroxylation is 2. The molecule has 0 radical (unpaired) electrons. The first kappa shape index (κ1) is 12.8. The SMILES string of the molecule is Cc1nn(C)c(C)c1CNCCc1ccncc1. The Morgan fingerprint density at radius 1 is 1.22 bits per heavy atom. The van der Waals surface area contributed by atoms with Crippen LogP contribution in [0.15, 0.2) is 24.5 Å². The Balaban J connectivity index is 1.82. The number of pyridine rings is 1. The Morgan fingerprint density at radius 3 is 2.56 bits per heavy atom. The fourth-order valence-electron chi connectivity index (χ4n) is 2.07. The minimum absolute atomic E-state index is 0.886. The van der Waals surface area contributed by atoms with E-state index in [2.05, 4.69) is 41.4 Å². The maximum absolute atomic E-state index is 4.42. The van der Waals surface area contributed by atoms with Gasteiger partial charge in [-0.05, 0) is 44.5 Å². The Kier molecular flexibility index (Phi) is 4.10. The Morgan fingerprint density at radius 2 is 1.94 bits per heavy atom. The fourth-order valence-corrected chi connectivity index (χ4v) is 2.07. The van der Waals surface area contributed by atoms with Crippen molar-refractivity contribution in [2.24, 2.45) is 7.05 Å². The van der Waals surface area contributed by atoms with Gasteiger partial charge in [-0.3, -0.25) is 9.67 Å². The molecule has 2 aromatic heterocycles. The molecule has 0 saturated heterocycles. The molecule has 0 fully saturated rings. The molecular weight excluding hydrogens is 224 g/mol. The lowest BCUT2D eigenvalue weighted by atomic mass is 10.2. The zero-order valence-electron chi connectivity index (χ0n) is 11.3. The van der Waals surface area contributed by atoms with E-state index >= 15 is 0 Å². The van der Waals surface area contributed by atoms with Gasteiger partial charge in [0.25, 0.3) is 0 Å². The minimum atomic E-state index is 0.886. The normalized spacial score (nSPS) is 10.8. The van der Waals surface area contributed by atoms with Gasteiger partial charge in [-0.25, -0.2) is 0 Å². The zero-order chi connectivity index (χ0) is 13.0. The van der Waals surface area contributed by atoms with Crippen molar-refractivity contribution in [2.75, 3.05) is 6.54 Å². The number of hydrogen-bond donors (Lipinski definition) is 1. The molecule has 0 aromatic carbocycles. The molecule has 4 heteroatoms. The van der Waals surface area contributed by atoms with Crippen molar-refractivity contribution >= 4 is 0 Å². The van der Waals surface area contributed by atoms with Crippen LogP contribution in [-0.4, -0.2) is 21.3 Å². The van der Waals surface area contributed by atoms with E-state index in [-0.39, 0.29) is 0 Å². The predicted molar refractivity (Wildman–Crippen MR) is 72.3 cm³/mol. The molecule has 0 aliphatic rings. The molecule has 0 spiro atoms. The van der Waals surface area contributed by atoms with Gasteiger partial charge in [0.05, 0.1) is 5.69 Å². The van der Waals surface area contributed by atoms with Gasteiger partial charge < -0.3 is 5.32 Å². The average molecular weight is 244 g/mol. The monoisotopic (exact) mass is 244 g/mol. The van der Waals surface area contributed by atoms with E-state index < -0.39 is 0 Å². The summed E-state index contributed by atoms with van der Waals surface area (Å²) in [5.41, 5.74) is 4.99. The van der Waals surface area contributed by atoms with Gasteiger partial charge in [0.15, 0.2) is 0 Å². The molecule has 0 unspecified atom stereocenters. The van der Waals surface area contributed by atoms with Crippen LogP contribution in [-0.2, 0) is 20.0 Å². The smallest absolute Gasteiger partial charge is 0.0641 e. The van der Waals surface area contributed by atoms with Gasteiger partial charge in [-0.1, -0.05) is 0 Å². The van der Waals surface area contributed by atoms with Crippen molar-refractivity contribution in [1.29, 1.82) is 0 Å². The van der Waals surface area contributed by atoms with Crippen molar-refractivity contribution in [1.82, 2.24) is 20.1 Å². The van der Waals surface area contributed by atoms with Crippen molar-refractivity contribution in [3.8, 4) is 0 Å². The molecule has 96 valence electrons. The van der Waals surface area contributed by atoms with Gasteiger partial charge in [0, 0.05) is 37.2 Å². The number of aromatic nitrogens is 3. The van der Waals surface area contributed by atoms with E-state index in [0.29, 0.717) is 0 Å². The predicted octanol–water partition coefficient (Wildman–Crippen LogP) is 1.76. The summed E-state index contributed by atoms with van der Waals surface area (Å²) >= 11 is 0. The highest BCUT2D eigenvalue weighted by Crippen LogP contribution is 2.11. The molecule has 0 aliphatic carbocycles. The van der Waals surface area contributed by atoms with Gasteiger partial charge in [-0.15, -0.1) is 0 Å². The van der Waals surface area contributed by atoms with Crippen LogP contribution in [0.25, 0.3) is 0 Å². The van der Waals surface area contributed by atoms with Gasteiger partial charge >= 0.3 is 0 Å². The molecule has 0 amide bonds. The summed E-state index contributed by atoms with van der Waals surface area (Å²) in [5, 5.41) is 7.89. The minimum Gasteiger partial charge on any atom is -0.312 e. The van der Waals surface area contributed by atoms with Gasteiger partial charge in [0.1, 0.15) is 0 Å². The summed E-state index contributed by atoms with van der Waals surface area (Å²) in [5.74, 6) is 0.